The maximum Gasteiger partial charge on any atom is 0.266 e. The number of H-pyrrole nitrogens is 1. The molecular formula is C12H7BrN2O. The predicted molar refractivity (Wildman–Crippen MR) is 64.9 cm³/mol. The Balaban J connectivity index is 2.60. The van der Waals surface area contributed by atoms with Crippen LogP contribution in [0.5, 0.6) is 0 Å². The Labute approximate surface area is 100 Å². The summed E-state index contributed by atoms with van der Waals surface area (Å²) in [5, 5.41) is 8.66. The van der Waals surface area contributed by atoms with Gasteiger partial charge in [0.25, 0.3) is 5.56 Å². The number of pyridine rings is 1. The standard InChI is InChI=1S/C12H7BrN2O/c13-10-4-2-1-3-9(10)11-6-5-8(7-14)12(16)15-11/h1-6H,(H,15,16). The van der Waals surface area contributed by atoms with Gasteiger partial charge < -0.3 is 4.98 Å². The zero-order valence-electron chi connectivity index (χ0n) is 8.20. The zero-order valence-corrected chi connectivity index (χ0v) is 9.78. The van der Waals surface area contributed by atoms with Crippen molar-refractivity contribution in [3.05, 3.63) is 56.8 Å². The lowest BCUT2D eigenvalue weighted by Gasteiger charge is -2.03. The summed E-state index contributed by atoms with van der Waals surface area (Å²) in [5.74, 6) is 0. The van der Waals surface area contributed by atoms with Gasteiger partial charge in [-0.05, 0) is 18.2 Å². The summed E-state index contributed by atoms with van der Waals surface area (Å²) in [7, 11) is 0. The average molecular weight is 275 g/mol. The van der Waals surface area contributed by atoms with Crippen LogP contribution in [-0.4, -0.2) is 4.98 Å². The molecule has 2 aromatic rings. The van der Waals surface area contributed by atoms with Gasteiger partial charge in [0.2, 0.25) is 0 Å². The molecule has 0 unspecified atom stereocenters. The third kappa shape index (κ3) is 1.90. The third-order valence-electron chi connectivity index (χ3n) is 2.19. The first-order valence-corrected chi connectivity index (χ1v) is 5.40. The zero-order chi connectivity index (χ0) is 11.5. The second-order valence-corrected chi connectivity index (χ2v) is 4.06. The van der Waals surface area contributed by atoms with Crippen LogP contribution in [0.3, 0.4) is 0 Å². The van der Waals surface area contributed by atoms with Crippen LogP contribution >= 0.6 is 15.9 Å². The highest BCUT2D eigenvalue weighted by atomic mass is 79.9. The first kappa shape index (κ1) is 10.7. The molecule has 1 aromatic carbocycles. The van der Waals surface area contributed by atoms with Crippen molar-refractivity contribution in [3.63, 3.8) is 0 Å². The van der Waals surface area contributed by atoms with E-state index >= 15 is 0 Å². The molecule has 1 heterocycles. The molecule has 4 heteroatoms. The van der Waals surface area contributed by atoms with Crippen molar-refractivity contribution in [1.29, 1.82) is 5.26 Å². The highest BCUT2D eigenvalue weighted by Gasteiger charge is 2.04. The van der Waals surface area contributed by atoms with Gasteiger partial charge in [0.15, 0.2) is 0 Å². The summed E-state index contributed by atoms with van der Waals surface area (Å²) in [4.78, 5) is 14.1. The minimum Gasteiger partial charge on any atom is -0.321 e. The second kappa shape index (κ2) is 4.33. The van der Waals surface area contributed by atoms with E-state index in [0.717, 1.165) is 10.0 Å². The molecule has 0 bridgehead atoms. The molecule has 0 spiro atoms. The molecule has 16 heavy (non-hydrogen) atoms. The lowest BCUT2D eigenvalue weighted by Crippen LogP contribution is -2.10. The molecule has 0 aliphatic heterocycles. The molecule has 0 aliphatic carbocycles. The number of halogens is 1. The fraction of sp³-hybridized carbons (Fsp3) is 0. The molecule has 1 N–H and O–H groups in total. The van der Waals surface area contributed by atoms with Crippen LogP contribution in [0.15, 0.2) is 45.7 Å². The molecule has 0 saturated carbocycles. The Morgan fingerprint density at radius 1 is 1.19 bits per heavy atom. The van der Waals surface area contributed by atoms with E-state index in [1.165, 1.54) is 6.07 Å². The third-order valence-corrected chi connectivity index (χ3v) is 2.89. The number of aromatic nitrogens is 1. The number of nitrogens with zero attached hydrogens (tertiary/aromatic N) is 1. The number of rotatable bonds is 1. The normalized spacial score (nSPS) is 9.75. The van der Waals surface area contributed by atoms with Gasteiger partial charge in [0.1, 0.15) is 11.6 Å². The molecular weight excluding hydrogens is 268 g/mol. The van der Waals surface area contributed by atoms with E-state index in [0.29, 0.717) is 5.69 Å². The summed E-state index contributed by atoms with van der Waals surface area (Å²) in [6.07, 6.45) is 0. The van der Waals surface area contributed by atoms with E-state index in [-0.39, 0.29) is 11.1 Å². The van der Waals surface area contributed by atoms with Gasteiger partial charge in [-0.1, -0.05) is 34.1 Å². The van der Waals surface area contributed by atoms with Crippen LogP contribution in [0.4, 0.5) is 0 Å². The molecule has 0 radical (unpaired) electrons. The van der Waals surface area contributed by atoms with Crippen LogP contribution in [-0.2, 0) is 0 Å². The molecule has 2 rings (SSSR count). The summed E-state index contributed by atoms with van der Waals surface area (Å²) < 4.78 is 0.898. The summed E-state index contributed by atoms with van der Waals surface area (Å²) >= 11 is 3.41. The molecule has 78 valence electrons. The molecule has 3 nitrogen and oxygen atoms in total. The first-order valence-electron chi connectivity index (χ1n) is 4.60. The number of hydrogen-bond donors (Lipinski definition) is 1. The number of nitrogens with one attached hydrogen (secondary N) is 1. The second-order valence-electron chi connectivity index (χ2n) is 3.21. The Morgan fingerprint density at radius 2 is 1.94 bits per heavy atom. The van der Waals surface area contributed by atoms with Crippen molar-refractivity contribution >= 4 is 15.9 Å². The summed E-state index contributed by atoms with van der Waals surface area (Å²) in [6, 6.07) is 12.6. The van der Waals surface area contributed by atoms with E-state index in [4.69, 9.17) is 5.26 Å². The van der Waals surface area contributed by atoms with E-state index in [2.05, 4.69) is 20.9 Å². The number of benzene rings is 1. The topological polar surface area (TPSA) is 56.6 Å². The van der Waals surface area contributed by atoms with Crippen molar-refractivity contribution in [1.82, 2.24) is 4.98 Å². The Hall–Kier alpha value is -1.86. The molecule has 0 atom stereocenters. The van der Waals surface area contributed by atoms with Crippen molar-refractivity contribution in [2.45, 2.75) is 0 Å². The molecule has 0 aliphatic rings. The first-order chi connectivity index (χ1) is 7.72. The lowest BCUT2D eigenvalue weighted by molar-refractivity contribution is 1.21. The van der Waals surface area contributed by atoms with E-state index in [1.54, 1.807) is 6.07 Å². The summed E-state index contributed by atoms with van der Waals surface area (Å²) in [6.45, 7) is 0. The highest BCUT2D eigenvalue weighted by Crippen LogP contribution is 2.25. The van der Waals surface area contributed by atoms with Gasteiger partial charge in [-0.15, -0.1) is 0 Å². The van der Waals surface area contributed by atoms with Gasteiger partial charge in [0, 0.05) is 15.7 Å². The number of hydrogen-bond acceptors (Lipinski definition) is 2. The van der Waals surface area contributed by atoms with Crippen LogP contribution in [0.2, 0.25) is 0 Å². The molecule has 1 aromatic heterocycles. The van der Waals surface area contributed by atoms with Gasteiger partial charge in [-0.25, -0.2) is 0 Å². The van der Waals surface area contributed by atoms with Gasteiger partial charge in [-0.3, -0.25) is 4.79 Å². The Bertz CT molecular complexity index is 625. The average Bonchev–Trinajstić information content (AvgIpc) is 2.29. The van der Waals surface area contributed by atoms with E-state index in [1.807, 2.05) is 30.3 Å². The van der Waals surface area contributed by atoms with Gasteiger partial charge in [0.05, 0.1) is 0 Å². The lowest BCUT2D eigenvalue weighted by atomic mass is 10.1. The minimum absolute atomic E-state index is 0.121. The predicted octanol–water partition coefficient (Wildman–Crippen LogP) is 2.68. The van der Waals surface area contributed by atoms with Gasteiger partial charge >= 0.3 is 0 Å². The van der Waals surface area contributed by atoms with Crippen molar-refractivity contribution in [3.8, 4) is 17.3 Å². The molecule has 0 fully saturated rings. The van der Waals surface area contributed by atoms with E-state index in [9.17, 15) is 4.79 Å². The van der Waals surface area contributed by atoms with Crippen LogP contribution in [0, 0.1) is 11.3 Å². The van der Waals surface area contributed by atoms with Crippen LogP contribution in [0.25, 0.3) is 11.3 Å². The van der Waals surface area contributed by atoms with Crippen molar-refractivity contribution in [2.75, 3.05) is 0 Å². The quantitative estimate of drug-likeness (QED) is 0.869. The van der Waals surface area contributed by atoms with Crippen LogP contribution < -0.4 is 5.56 Å². The van der Waals surface area contributed by atoms with Crippen molar-refractivity contribution < 1.29 is 0 Å². The van der Waals surface area contributed by atoms with Gasteiger partial charge in [-0.2, -0.15) is 5.26 Å². The number of nitriles is 1. The Morgan fingerprint density at radius 3 is 2.56 bits per heavy atom. The minimum atomic E-state index is -0.365. The largest absolute Gasteiger partial charge is 0.321 e. The molecule has 0 saturated heterocycles. The van der Waals surface area contributed by atoms with Crippen molar-refractivity contribution in [2.24, 2.45) is 0 Å². The van der Waals surface area contributed by atoms with Crippen LogP contribution in [0.1, 0.15) is 5.56 Å². The highest BCUT2D eigenvalue weighted by molar-refractivity contribution is 9.10. The smallest absolute Gasteiger partial charge is 0.266 e. The summed E-state index contributed by atoms with van der Waals surface area (Å²) in [5.41, 5.74) is 1.34. The maximum absolute atomic E-state index is 11.5. The Kier molecular flexibility index (Phi) is 2.88. The fourth-order valence-electron chi connectivity index (χ4n) is 1.40. The fourth-order valence-corrected chi connectivity index (χ4v) is 1.90. The van der Waals surface area contributed by atoms with E-state index < -0.39 is 0 Å². The monoisotopic (exact) mass is 274 g/mol. The maximum atomic E-state index is 11.5. The number of aromatic amines is 1. The molecule has 0 amide bonds. The SMILES string of the molecule is N#Cc1ccc(-c2ccccc2Br)[nH]c1=O.